The van der Waals surface area contributed by atoms with Gasteiger partial charge in [-0.3, -0.25) is 4.79 Å². The van der Waals surface area contributed by atoms with Gasteiger partial charge in [-0.25, -0.2) is 0 Å². The van der Waals surface area contributed by atoms with Crippen molar-refractivity contribution in [1.82, 2.24) is 4.90 Å². The van der Waals surface area contributed by atoms with Gasteiger partial charge in [0.1, 0.15) is 0 Å². The van der Waals surface area contributed by atoms with Gasteiger partial charge in [-0.1, -0.05) is 25.5 Å². The third-order valence-electron chi connectivity index (χ3n) is 4.01. The minimum atomic E-state index is 0. The van der Waals surface area contributed by atoms with Gasteiger partial charge in [0.25, 0.3) is 0 Å². The molecule has 4 heteroatoms. The Labute approximate surface area is 127 Å². The van der Waals surface area contributed by atoms with Gasteiger partial charge in [-0.15, -0.1) is 12.4 Å². The van der Waals surface area contributed by atoms with Gasteiger partial charge in [0.2, 0.25) is 5.91 Å². The lowest BCUT2D eigenvalue weighted by molar-refractivity contribution is -0.132. The Kier molecular flexibility index (Phi) is 6.34. The third-order valence-corrected chi connectivity index (χ3v) is 4.01. The molecule has 1 amide bonds. The largest absolute Gasteiger partial charge is 0.399 e. The molecule has 2 unspecified atom stereocenters. The van der Waals surface area contributed by atoms with Gasteiger partial charge >= 0.3 is 0 Å². The molecule has 0 radical (unpaired) electrons. The van der Waals surface area contributed by atoms with Crippen LogP contribution in [0, 0.1) is 5.92 Å². The first kappa shape index (κ1) is 16.8. The van der Waals surface area contributed by atoms with Crippen LogP contribution in [0.5, 0.6) is 0 Å². The zero-order valence-electron chi connectivity index (χ0n) is 12.3. The standard InChI is InChI=1S/C16H24N2O.ClH/c1-12-4-3-5-13(2)18(11-12)16(19)10-14-6-8-15(17)9-7-14;/h6-9,12-13H,3-5,10-11,17H2,1-2H3;1H. The highest BCUT2D eigenvalue weighted by molar-refractivity contribution is 5.85. The van der Waals surface area contributed by atoms with E-state index in [1.54, 1.807) is 0 Å². The van der Waals surface area contributed by atoms with Gasteiger partial charge in [0.05, 0.1) is 6.42 Å². The fraction of sp³-hybridized carbons (Fsp3) is 0.562. The number of likely N-dealkylation sites (tertiary alicyclic amines) is 1. The number of carbonyl (C=O) groups is 1. The molecule has 20 heavy (non-hydrogen) atoms. The zero-order valence-corrected chi connectivity index (χ0v) is 13.2. The van der Waals surface area contributed by atoms with Crippen molar-refractivity contribution in [2.24, 2.45) is 5.92 Å². The van der Waals surface area contributed by atoms with Crippen LogP contribution in [0.4, 0.5) is 5.69 Å². The second kappa shape index (κ2) is 7.53. The first-order valence-electron chi connectivity index (χ1n) is 7.20. The third kappa shape index (κ3) is 4.41. The average Bonchev–Trinajstić information content (AvgIpc) is 2.54. The molecule has 1 fully saturated rings. The highest BCUT2D eigenvalue weighted by Gasteiger charge is 2.24. The summed E-state index contributed by atoms with van der Waals surface area (Å²) in [6.07, 6.45) is 4.07. The molecule has 1 saturated heterocycles. The summed E-state index contributed by atoms with van der Waals surface area (Å²) >= 11 is 0. The second-order valence-corrected chi connectivity index (χ2v) is 5.85. The van der Waals surface area contributed by atoms with Gasteiger partial charge in [-0.05, 0) is 43.4 Å². The summed E-state index contributed by atoms with van der Waals surface area (Å²) in [5.74, 6) is 0.853. The molecule has 2 atom stereocenters. The summed E-state index contributed by atoms with van der Waals surface area (Å²) in [6, 6.07) is 7.97. The number of nitrogens with two attached hydrogens (primary N) is 1. The fourth-order valence-corrected chi connectivity index (χ4v) is 2.78. The van der Waals surface area contributed by atoms with Gasteiger partial charge in [0, 0.05) is 18.3 Å². The number of nitrogens with zero attached hydrogens (tertiary/aromatic N) is 1. The number of halogens is 1. The topological polar surface area (TPSA) is 46.3 Å². The molecule has 0 spiro atoms. The van der Waals surface area contributed by atoms with Crippen molar-refractivity contribution in [3.05, 3.63) is 29.8 Å². The predicted molar refractivity (Wildman–Crippen MR) is 86.0 cm³/mol. The lowest BCUT2D eigenvalue weighted by atomic mass is 10.1. The van der Waals surface area contributed by atoms with Crippen molar-refractivity contribution in [3.63, 3.8) is 0 Å². The van der Waals surface area contributed by atoms with E-state index in [-0.39, 0.29) is 18.3 Å². The van der Waals surface area contributed by atoms with Crippen LogP contribution in [-0.4, -0.2) is 23.4 Å². The van der Waals surface area contributed by atoms with Crippen molar-refractivity contribution < 1.29 is 4.79 Å². The van der Waals surface area contributed by atoms with Crippen LogP contribution >= 0.6 is 12.4 Å². The van der Waals surface area contributed by atoms with Crippen molar-refractivity contribution in [2.75, 3.05) is 12.3 Å². The summed E-state index contributed by atoms with van der Waals surface area (Å²) in [5, 5.41) is 0. The summed E-state index contributed by atoms with van der Waals surface area (Å²) in [4.78, 5) is 14.5. The quantitative estimate of drug-likeness (QED) is 0.852. The van der Waals surface area contributed by atoms with Gasteiger partial charge in [-0.2, -0.15) is 0 Å². The van der Waals surface area contributed by atoms with E-state index in [0.29, 0.717) is 18.4 Å². The van der Waals surface area contributed by atoms with E-state index in [1.165, 1.54) is 12.8 Å². The Balaban J connectivity index is 0.00000200. The van der Waals surface area contributed by atoms with E-state index in [9.17, 15) is 4.79 Å². The first-order valence-corrected chi connectivity index (χ1v) is 7.20. The summed E-state index contributed by atoms with van der Waals surface area (Å²) < 4.78 is 0. The molecule has 0 bridgehead atoms. The summed E-state index contributed by atoms with van der Waals surface area (Å²) in [5.41, 5.74) is 7.45. The second-order valence-electron chi connectivity index (χ2n) is 5.85. The van der Waals surface area contributed by atoms with Gasteiger partial charge in [0.15, 0.2) is 0 Å². The van der Waals surface area contributed by atoms with E-state index >= 15 is 0 Å². The number of carbonyl (C=O) groups excluding carboxylic acids is 1. The average molecular weight is 297 g/mol. The summed E-state index contributed by atoms with van der Waals surface area (Å²) in [6.45, 7) is 5.30. The van der Waals surface area contributed by atoms with E-state index in [4.69, 9.17) is 5.73 Å². The van der Waals surface area contributed by atoms with E-state index in [0.717, 1.165) is 24.2 Å². The lowest BCUT2D eigenvalue weighted by Gasteiger charge is -2.29. The molecule has 3 nitrogen and oxygen atoms in total. The fourth-order valence-electron chi connectivity index (χ4n) is 2.78. The Morgan fingerprint density at radius 1 is 1.25 bits per heavy atom. The van der Waals surface area contributed by atoms with Crippen LogP contribution in [0.2, 0.25) is 0 Å². The highest BCUT2D eigenvalue weighted by atomic mass is 35.5. The van der Waals surface area contributed by atoms with Crippen LogP contribution in [-0.2, 0) is 11.2 Å². The van der Waals surface area contributed by atoms with Crippen molar-refractivity contribution >= 4 is 24.0 Å². The van der Waals surface area contributed by atoms with Crippen molar-refractivity contribution in [3.8, 4) is 0 Å². The minimum Gasteiger partial charge on any atom is -0.399 e. The number of nitrogen functional groups attached to an aromatic ring is 1. The maximum Gasteiger partial charge on any atom is 0.227 e. The molecule has 0 saturated carbocycles. The van der Waals surface area contributed by atoms with Crippen LogP contribution in [0.1, 0.15) is 38.7 Å². The summed E-state index contributed by atoms with van der Waals surface area (Å²) in [7, 11) is 0. The minimum absolute atomic E-state index is 0. The number of amides is 1. The number of benzene rings is 1. The molecule has 0 aromatic heterocycles. The molecule has 1 aliphatic rings. The number of anilines is 1. The Morgan fingerprint density at radius 2 is 1.90 bits per heavy atom. The molecule has 112 valence electrons. The van der Waals surface area contributed by atoms with Gasteiger partial charge < -0.3 is 10.6 Å². The number of rotatable bonds is 2. The van der Waals surface area contributed by atoms with Crippen LogP contribution in [0.25, 0.3) is 0 Å². The maximum absolute atomic E-state index is 12.5. The number of hydrogen-bond acceptors (Lipinski definition) is 2. The first-order chi connectivity index (χ1) is 9.06. The van der Waals surface area contributed by atoms with E-state index < -0.39 is 0 Å². The van der Waals surface area contributed by atoms with Crippen molar-refractivity contribution in [2.45, 2.75) is 45.6 Å². The van der Waals surface area contributed by atoms with E-state index in [1.807, 2.05) is 24.3 Å². The molecular formula is C16H25ClN2O. The lowest BCUT2D eigenvalue weighted by Crippen LogP contribution is -2.40. The molecule has 0 aliphatic carbocycles. The monoisotopic (exact) mass is 296 g/mol. The molecule has 2 rings (SSSR count). The zero-order chi connectivity index (χ0) is 13.8. The number of hydrogen-bond donors (Lipinski definition) is 1. The normalized spacial score (nSPS) is 22.8. The smallest absolute Gasteiger partial charge is 0.227 e. The molecular weight excluding hydrogens is 272 g/mol. The Bertz CT molecular complexity index is 433. The van der Waals surface area contributed by atoms with Crippen LogP contribution in [0.15, 0.2) is 24.3 Å². The maximum atomic E-state index is 12.5. The Morgan fingerprint density at radius 3 is 2.55 bits per heavy atom. The van der Waals surface area contributed by atoms with Crippen LogP contribution < -0.4 is 5.73 Å². The SMILES string of the molecule is CC1CCCC(C)N(C(=O)Cc2ccc(N)cc2)C1.Cl. The molecule has 1 heterocycles. The Hall–Kier alpha value is -1.22. The predicted octanol–water partition coefficient (Wildman–Crippen LogP) is 3.27. The molecule has 1 aromatic carbocycles. The van der Waals surface area contributed by atoms with E-state index in [2.05, 4.69) is 18.7 Å². The molecule has 1 aromatic rings. The van der Waals surface area contributed by atoms with Crippen LogP contribution in [0.3, 0.4) is 0 Å². The molecule has 1 aliphatic heterocycles. The molecule has 2 N–H and O–H groups in total. The van der Waals surface area contributed by atoms with Crippen molar-refractivity contribution in [1.29, 1.82) is 0 Å². The highest BCUT2D eigenvalue weighted by Crippen LogP contribution is 2.21.